The monoisotopic (exact) mass is 452 g/mol. The summed E-state index contributed by atoms with van der Waals surface area (Å²) < 4.78 is 24.3. The zero-order valence-corrected chi connectivity index (χ0v) is 18.3. The maximum atomic E-state index is 13.5. The quantitative estimate of drug-likeness (QED) is 0.590. The number of likely N-dealkylation sites (tertiary alicyclic amines) is 1. The Labute approximate surface area is 190 Å². The van der Waals surface area contributed by atoms with Crippen LogP contribution in [0.3, 0.4) is 0 Å². The van der Waals surface area contributed by atoms with E-state index in [-0.39, 0.29) is 30.1 Å². The number of nitrogens with zero attached hydrogens (tertiary/aromatic N) is 3. The smallest absolute Gasteiger partial charge is 0.251 e. The van der Waals surface area contributed by atoms with Gasteiger partial charge in [0.2, 0.25) is 17.6 Å². The van der Waals surface area contributed by atoms with Crippen molar-refractivity contribution in [2.24, 2.45) is 0 Å². The molecular formula is C24H25FN4O4. The van der Waals surface area contributed by atoms with Crippen LogP contribution in [0.5, 0.6) is 5.75 Å². The summed E-state index contributed by atoms with van der Waals surface area (Å²) in [6, 6.07) is 12.8. The molecule has 2 aromatic carbocycles. The number of carbonyl (C=O) groups is 2. The van der Waals surface area contributed by atoms with Crippen molar-refractivity contribution in [2.75, 3.05) is 26.2 Å². The largest absolute Gasteiger partial charge is 0.494 e. The predicted octanol–water partition coefficient (Wildman–Crippen LogP) is 3.41. The van der Waals surface area contributed by atoms with Crippen molar-refractivity contribution in [1.82, 2.24) is 20.4 Å². The van der Waals surface area contributed by atoms with Crippen LogP contribution < -0.4 is 10.1 Å². The van der Waals surface area contributed by atoms with Gasteiger partial charge in [0.1, 0.15) is 11.6 Å². The van der Waals surface area contributed by atoms with Gasteiger partial charge in [-0.2, -0.15) is 4.98 Å². The Morgan fingerprint density at radius 1 is 1.24 bits per heavy atom. The first-order valence-corrected chi connectivity index (χ1v) is 10.9. The third-order valence-corrected chi connectivity index (χ3v) is 5.48. The van der Waals surface area contributed by atoms with E-state index >= 15 is 0 Å². The Morgan fingerprint density at radius 3 is 2.82 bits per heavy atom. The molecule has 1 aromatic heterocycles. The van der Waals surface area contributed by atoms with Crippen molar-refractivity contribution in [1.29, 1.82) is 0 Å². The van der Waals surface area contributed by atoms with Crippen LogP contribution in [0, 0.1) is 5.82 Å². The topological polar surface area (TPSA) is 97.6 Å². The maximum Gasteiger partial charge on any atom is 0.251 e. The van der Waals surface area contributed by atoms with Crippen LogP contribution >= 0.6 is 0 Å². The molecule has 8 nitrogen and oxygen atoms in total. The summed E-state index contributed by atoms with van der Waals surface area (Å²) in [6.45, 7) is 3.35. The first-order chi connectivity index (χ1) is 16.0. The van der Waals surface area contributed by atoms with E-state index < -0.39 is 0 Å². The van der Waals surface area contributed by atoms with E-state index in [0.29, 0.717) is 48.3 Å². The van der Waals surface area contributed by atoms with Gasteiger partial charge in [-0.25, -0.2) is 4.39 Å². The molecule has 4 rings (SSSR count). The lowest BCUT2D eigenvalue weighted by Gasteiger charge is -2.31. The lowest BCUT2D eigenvalue weighted by Crippen LogP contribution is -2.44. The molecule has 172 valence electrons. The van der Waals surface area contributed by atoms with Crippen molar-refractivity contribution >= 4 is 11.8 Å². The summed E-state index contributed by atoms with van der Waals surface area (Å²) in [7, 11) is 0. The summed E-state index contributed by atoms with van der Waals surface area (Å²) in [5.41, 5.74) is 0.990. The van der Waals surface area contributed by atoms with E-state index in [1.165, 1.54) is 12.1 Å². The third kappa shape index (κ3) is 5.54. The highest BCUT2D eigenvalue weighted by atomic mass is 19.1. The Morgan fingerprint density at radius 2 is 2.06 bits per heavy atom. The molecule has 1 fully saturated rings. The molecule has 1 aliphatic rings. The zero-order chi connectivity index (χ0) is 23.2. The van der Waals surface area contributed by atoms with Gasteiger partial charge in [0, 0.05) is 24.2 Å². The molecule has 1 N–H and O–H groups in total. The average Bonchev–Trinajstić information content (AvgIpc) is 3.34. The van der Waals surface area contributed by atoms with Gasteiger partial charge in [-0.1, -0.05) is 17.3 Å². The van der Waals surface area contributed by atoms with E-state index in [0.717, 1.165) is 12.8 Å². The van der Waals surface area contributed by atoms with Gasteiger partial charge < -0.3 is 19.5 Å². The predicted molar refractivity (Wildman–Crippen MR) is 118 cm³/mol. The molecule has 1 atom stereocenters. The summed E-state index contributed by atoms with van der Waals surface area (Å²) in [5, 5.41) is 6.64. The average molecular weight is 452 g/mol. The Bertz CT molecular complexity index is 1120. The number of aromatic nitrogens is 2. The first kappa shape index (κ1) is 22.4. The summed E-state index contributed by atoms with van der Waals surface area (Å²) >= 11 is 0. The molecule has 3 aromatic rings. The van der Waals surface area contributed by atoms with Crippen molar-refractivity contribution in [3.63, 3.8) is 0 Å². The van der Waals surface area contributed by atoms with Crippen molar-refractivity contribution in [3.8, 4) is 17.1 Å². The minimum Gasteiger partial charge on any atom is -0.494 e. The summed E-state index contributed by atoms with van der Waals surface area (Å²) in [5.74, 6) is 0.437. The van der Waals surface area contributed by atoms with E-state index in [9.17, 15) is 14.0 Å². The fraction of sp³-hybridized carbons (Fsp3) is 0.333. The van der Waals surface area contributed by atoms with Crippen LogP contribution in [-0.4, -0.2) is 53.1 Å². The number of piperidine rings is 1. The minimum atomic E-state index is -0.374. The van der Waals surface area contributed by atoms with E-state index in [1.807, 2.05) is 6.92 Å². The van der Waals surface area contributed by atoms with Gasteiger partial charge in [0.05, 0.1) is 19.1 Å². The Kier molecular flexibility index (Phi) is 6.97. The number of carbonyl (C=O) groups excluding carboxylic acids is 2. The lowest BCUT2D eigenvalue weighted by atomic mass is 9.98. The lowest BCUT2D eigenvalue weighted by molar-refractivity contribution is -0.131. The standard InChI is InChI=1S/C24H25FN4O4/c1-2-32-20-10-8-16(9-11-20)23(31)26-14-21(30)29-12-4-6-18(15-29)24-27-22(28-33-24)17-5-3-7-19(25)13-17/h3,5,7-11,13,18H,2,4,6,12,14-15H2,1H3,(H,26,31). The SMILES string of the molecule is CCOc1ccc(C(=O)NCC(=O)N2CCCC(c3nc(-c4cccc(F)c4)no3)C2)cc1. The van der Waals surface area contributed by atoms with Crippen molar-refractivity contribution in [3.05, 3.63) is 65.8 Å². The van der Waals surface area contributed by atoms with Crippen molar-refractivity contribution < 1.29 is 23.2 Å². The second-order valence-corrected chi connectivity index (χ2v) is 7.79. The van der Waals surface area contributed by atoms with Crippen LogP contribution in [0.1, 0.15) is 41.9 Å². The molecule has 2 heterocycles. The van der Waals surface area contributed by atoms with Crippen LogP contribution in [0.15, 0.2) is 53.1 Å². The maximum absolute atomic E-state index is 13.5. The number of hydrogen-bond acceptors (Lipinski definition) is 6. The summed E-state index contributed by atoms with van der Waals surface area (Å²) in [4.78, 5) is 31.2. The highest BCUT2D eigenvalue weighted by molar-refractivity contribution is 5.96. The van der Waals surface area contributed by atoms with E-state index in [4.69, 9.17) is 9.26 Å². The van der Waals surface area contributed by atoms with Crippen LogP contribution in [0.25, 0.3) is 11.4 Å². The zero-order valence-electron chi connectivity index (χ0n) is 18.3. The fourth-order valence-corrected chi connectivity index (χ4v) is 3.79. The number of ether oxygens (including phenoxy) is 1. The number of rotatable bonds is 7. The normalized spacial score (nSPS) is 15.8. The second-order valence-electron chi connectivity index (χ2n) is 7.79. The molecule has 0 bridgehead atoms. The van der Waals surface area contributed by atoms with E-state index in [1.54, 1.807) is 41.3 Å². The number of benzene rings is 2. The third-order valence-electron chi connectivity index (χ3n) is 5.48. The number of halogens is 1. The number of amides is 2. The van der Waals surface area contributed by atoms with Gasteiger partial charge in [0.15, 0.2) is 0 Å². The molecule has 1 saturated heterocycles. The molecule has 1 unspecified atom stereocenters. The van der Waals surface area contributed by atoms with E-state index in [2.05, 4.69) is 15.5 Å². The van der Waals surface area contributed by atoms with Crippen LogP contribution in [0.2, 0.25) is 0 Å². The second kappa shape index (κ2) is 10.2. The molecule has 2 amide bonds. The Hall–Kier alpha value is -3.75. The molecule has 0 aliphatic carbocycles. The number of hydrogen-bond donors (Lipinski definition) is 1. The highest BCUT2D eigenvalue weighted by Crippen LogP contribution is 2.27. The highest BCUT2D eigenvalue weighted by Gasteiger charge is 2.29. The van der Waals surface area contributed by atoms with Gasteiger partial charge in [-0.15, -0.1) is 0 Å². The molecule has 0 saturated carbocycles. The fourth-order valence-electron chi connectivity index (χ4n) is 3.79. The van der Waals surface area contributed by atoms with Gasteiger partial charge in [-0.05, 0) is 56.2 Å². The molecule has 0 radical (unpaired) electrons. The van der Waals surface area contributed by atoms with Crippen molar-refractivity contribution in [2.45, 2.75) is 25.7 Å². The molecular weight excluding hydrogens is 427 g/mol. The van der Waals surface area contributed by atoms with Gasteiger partial charge in [0.25, 0.3) is 5.91 Å². The first-order valence-electron chi connectivity index (χ1n) is 10.9. The van der Waals surface area contributed by atoms with Gasteiger partial charge in [-0.3, -0.25) is 9.59 Å². The van der Waals surface area contributed by atoms with Crippen LogP contribution in [0.4, 0.5) is 4.39 Å². The summed E-state index contributed by atoms with van der Waals surface area (Å²) in [6.07, 6.45) is 1.58. The molecule has 33 heavy (non-hydrogen) atoms. The molecule has 9 heteroatoms. The Balaban J connectivity index is 1.32. The minimum absolute atomic E-state index is 0.100. The van der Waals surface area contributed by atoms with Crippen LogP contribution in [-0.2, 0) is 4.79 Å². The molecule has 0 spiro atoms. The molecule has 1 aliphatic heterocycles. The van der Waals surface area contributed by atoms with Gasteiger partial charge >= 0.3 is 0 Å². The number of nitrogens with one attached hydrogen (secondary N) is 1.